The number of nitrogens with zero attached hydrogens (tertiary/aromatic N) is 3. The van der Waals surface area contributed by atoms with Crippen molar-refractivity contribution in [2.75, 3.05) is 34.3 Å². The number of furan rings is 1. The number of nitrogens with one attached hydrogen (secondary N) is 1. The zero-order valence-electron chi connectivity index (χ0n) is 18.7. The number of ether oxygens (including phenoxy) is 1. The quantitative estimate of drug-likeness (QED) is 0.252. The van der Waals surface area contributed by atoms with Crippen LogP contribution in [-0.2, 0) is 29.2 Å². The van der Waals surface area contributed by atoms with Gasteiger partial charge in [-0.05, 0) is 36.2 Å². The summed E-state index contributed by atoms with van der Waals surface area (Å²) in [5, 5.41) is 3.47. The van der Waals surface area contributed by atoms with Crippen LogP contribution >= 0.6 is 24.0 Å². The molecule has 8 heteroatoms. The molecule has 170 valence electrons. The summed E-state index contributed by atoms with van der Waals surface area (Å²) in [6.45, 7) is 5.75. The van der Waals surface area contributed by atoms with Gasteiger partial charge in [-0.2, -0.15) is 0 Å². The summed E-state index contributed by atoms with van der Waals surface area (Å²) in [7, 11) is 5.32. The van der Waals surface area contributed by atoms with Crippen molar-refractivity contribution in [1.82, 2.24) is 15.1 Å². The van der Waals surface area contributed by atoms with Crippen LogP contribution < -0.4 is 5.32 Å². The van der Waals surface area contributed by atoms with Crippen molar-refractivity contribution in [1.29, 1.82) is 0 Å². The van der Waals surface area contributed by atoms with Crippen molar-refractivity contribution in [2.45, 2.75) is 26.6 Å². The van der Waals surface area contributed by atoms with E-state index in [1.807, 2.05) is 12.1 Å². The van der Waals surface area contributed by atoms with Crippen LogP contribution in [0, 0.1) is 11.8 Å². The van der Waals surface area contributed by atoms with Gasteiger partial charge in [-0.1, -0.05) is 31.2 Å². The molecule has 1 saturated heterocycles. The number of halogens is 1. The van der Waals surface area contributed by atoms with Crippen LogP contribution in [0.25, 0.3) is 0 Å². The summed E-state index contributed by atoms with van der Waals surface area (Å²) < 4.78 is 10.4. The van der Waals surface area contributed by atoms with Gasteiger partial charge in [0, 0.05) is 33.2 Å². The third-order valence-electron chi connectivity index (χ3n) is 5.63. The molecular formula is C23H33IN4O3. The van der Waals surface area contributed by atoms with Crippen molar-refractivity contribution in [2.24, 2.45) is 16.8 Å². The number of rotatable bonds is 7. The second-order valence-corrected chi connectivity index (χ2v) is 7.93. The number of benzene rings is 1. The lowest BCUT2D eigenvalue weighted by Crippen LogP contribution is -2.40. The average molecular weight is 540 g/mol. The van der Waals surface area contributed by atoms with E-state index in [9.17, 15) is 4.79 Å². The second-order valence-electron chi connectivity index (χ2n) is 7.93. The maximum absolute atomic E-state index is 12.0. The molecule has 2 atom stereocenters. The summed E-state index contributed by atoms with van der Waals surface area (Å²) in [5.74, 6) is 1.74. The molecule has 0 saturated carbocycles. The number of carbonyl (C=O) groups is 1. The highest BCUT2D eigenvalue weighted by Gasteiger charge is 2.36. The summed E-state index contributed by atoms with van der Waals surface area (Å²) in [6, 6.07) is 12.3. The molecule has 1 aliphatic rings. The topological polar surface area (TPSA) is 70.3 Å². The summed E-state index contributed by atoms with van der Waals surface area (Å²) >= 11 is 0. The lowest BCUT2D eigenvalue weighted by molar-refractivity contribution is -0.145. The first-order valence-corrected chi connectivity index (χ1v) is 10.3. The van der Waals surface area contributed by atoms with Gasteiger partial charge in [0.15, 0.2) is 5.96 Å². The molecular weight excluding hydrogens is 507 g/mol. The molecule has 0 aliphatic carbocycles. The number of aliphatic imine (C=N–C) groups is 1. The largest absolute Gasteiger partial charge is 0.469 e. The Morgan fingerprint density at radius 2 is 1.97 bits per heavy atom. The van der Waals surface area contributed by atoms with Crippen LogP contribution in [0.15, 0.2) is 52.1 Å². The third kappa shape index (κ3) is 6.70. The molecule has 0 spiro atoms. The molecule has 1 aromatic carbocycles. The molecule has 7 nitrogen and oxygen atoms in total. The van der Waals surface area contributed by atoms with Crippen molar-refractivity contribution in [3.8, 4) is 0 Å². The van der Waals surface area contributed by atoms with Crippen molar-refractivity contribution < 1.29 is 13.9 Å². The van der Waals surface area contributed by atoms with E-state index >= 15 is 0 Å². The highest BCUT2D eigenvalue weighted by molar-refractivity contribution is 14.0. The Morgan fingerprint density at radius 3 is 2.61 bits per heavy atom. The monoisotopic (exact) mass is 540 g/mol. The number of likely N-dealkylation sites (tertiary alicyclic amines) is 1. The Bertz CT molecular complexity index is 856. The van der Waals surface area contributed by atoms with Gasteiger partial charge in [-0.25, -0.2) is 0 Å². The van der Waals surface area contributed by atoms with Gasteiger partial charge in [0.25, 0.3) is 0 Å². The normalized spacial score (nSPS) is 18.7. The molecule has 2 aromatic rings. The van der Waals surface area contributed by atoms with Gasteiger partial charge in [0.05, 0.1) is 25.8 Å². The Hall–Kier alpha value is -2.07. The van der Waals surface area contributed by atoms with E-state index in [-0.39, 0.29) is 41.8 Å². The number of esters is 1. The fraction of sp³-hybridized carbons (Fsp3) is 0.478. The lowest BCUT2D eigenvalue weighted by Gasteiger charge is -2.23. The molecule has 1 aliphatic heterocycles. The Morgan fingerprint density at radius 1 is 1.23 bits per heavy atom. The number of methoxy groups -OCH3 is 1. The van der Waals surface area contributed by atoms with Crippen LogP contribution in [0.2, 0.25) is 0 Å². The van der Waals surface area contributed by atoms with E-state index in [1.54, 1.807) is 13.3 Å². The smallest absolute Gasteiger partial charge is 0.310 e. The molecule has 0 bridgehead atoms. The van der Waals surface area contributed by atoms with E-state index in [1.165, 1.54) is 18.2 Å². The summed E-state index contributed by atoms with van der Waals surface area (Å²) in [5.41, 5.74) is 2.48. The second kappa shape index (κ2) is 12.1. The van der Waals surface area contributed by atoms with Crippen LogP contribution in [0.1, 0.15) is 23.8 Å². The molecule has 3 rings (SSSR count). The SMILES string of the molecule is CN=C(NCc1ccccc1CN(C)Cc1ccco1)N1CC(C)C(C(=O)OC)C1.I. The van der Waals surface area contributed by atoms with E-state index in [4.69, 9.17) is 9.15 Å². The van der Waals surface area contributed by atoms with Crippen molar-refractivity contribution >= 4 is 35.9 Å². The minimum Gasteiger partial charge on any atom is -0.469 e. The Labute approximate surface area is 201 Å². The van der Waals surface area contributed by atoms with Crippen LogP contribution in [0.4, 0.5) is 0 Å². The fourth-order valence-electron chi connectivity index (χ4n) is 4.00. The minimum absolute atomic E-state index is 0. The summed E-state index contributed by atoms with van der Waals surface area (Å²) in [6.07, 6.45) is 1.70. The maximum atomic E-state index is 12.0. The predicted octanol–water partition coefficient (Wildman–Crippen LogP) is 3.35. The van der Waals surface area contributed by atoms with E-state index < -0.39 is 0 Å². The van der Waals surface area contributed by atoms with Crippen molar-refractivity contribution in [3.05, 3.63) is 59.5 Å². The van der Waals surface area contributed by atoms with Gasteiger partial charge in [-0.15, -0.1) is 24.0 Å². The first-order chi connectivity index (χ1) is 14.5. The van der Waals surface area contributed by atoms with Gasteiger partial charge in [-0.3, -0.25) is 14.7 Å². The van der Waals surface area contributed by atoms with Gasteiger partial charge in [0.1, 0.15) is 5.76 Å². The Balaban J connectivity index is 0.00000341. The fourth-order valence-corrected chi connectivity index (χ4v) is 4.00. The molecule has 1 fully saturated rings. The van der Waals surface area contributed by atoms with E-state index in [0.717, 1.165) is 31.4 Å². The lowest BCUT2D eigenvalue weighted by atomic mass is 9.99. The van der Waals surface area contributed by atoms with Gasteiger partial charge < -0.3 is 19.4 Å². The van der Waals surface area contributed by atoms with Gasteiger partial charge >= 0.3 is 5.97 Å². The first-order valence-electron chi connectivity index (χ1n) is 10.3. The van der Waals surface area contributed by atoms with Gasteiger partial charge in [0.2, 0.25) is 0 Å². The van der Waals surface area contributed by atoms with Crippen LogP contribution in [0.3, 0.4) is 0 Å². The van der Waals surface area contributed by atoms with Crippen LogP contribution in [-0.4, -0.2) is 56.0 Å². The molecule has 0 radical (unpaired) electrons. The molecule has 2 heterocycles. The molecule has 31 heavy (non-hydrogen) atoms. The Kier molecular flexibility index (Phi) is 9.83. The number of hydrogen-bond donors (Lipinski definition) is 1. The zero-order chi connectivity index (χ0) is 21.5. The van der Waals surface area contributed by atoms with Crippen LogP contribution in [0.5, 0.6) is 0 Å². The average Bonchev–Trinajstić information content (AvgIpc) is 3.38. The zero-order valence-corrected chi connectivity index (χ0v) is 21.0. The predicted molar refractivity (Wildman–Crippen MR) is 132 cm³/mol. The summed E-state index contributed by atoms with van der Waals surface area (Å²) in [4.78, 5) is 20.8. The maximum Gasteiger partial charge on any atom is 0.310 e. The first kappa shape index (κ1) is 25.2. The van der Waals surface area contributed by atoms with E-state index in [2.05, 4.69) is 58.3 Å². The molecule has 0 amide bonds. The standard InChI is InChI=1S/C23H32N4O3.HI/c1-17-13-27(16-21(17)22(28)29-4)23(24-2)25-12-18-8-5-6-9-19(18)14-26(3)15-20-10-7-11-30-20;/h5-11,17,21H,12-16H2,1-4H3,(H,24,25);1H. The minimum atomic E-state index is -0.148. The highest BCUT2D eigenvalue weighted by atomic mass is 127. The third-order valence-corrected chi connectivity index (χ3v) is 5.63. The highest BCUT2D eigenvalue weighted by Crippen LogP contribution is 2.24. The molecule has 1 aromatic heterocycles. The number of guanidine groups is 1. The molecule has 2 unspecified atom stereocenters. The number of hydrogen-bond acceptors (Lipinski definition) is 5. The van der Waals surface area contributed by atoms with E-state index in [0.29, 0.717) is 13.1 Å². The molecule has 1 N–H and O–H groups in total. The van der Waals surface area contributed by atoms with Crippen molar-refractivity contribution in [3.63, 3.8) is 0 Å². The number of carbonyl (C=O) groups excluding carboxylic acids is 1.